The van der Waals surface area contributed by atoms with Crippen LogP contribution in [0, 0.1) is 0 Å². The maximum Gasteiger partial charge on any atom is 0.341 e. The molecule has 222 valence electrons. The van der Waals surface area contributed by atoms with E-state index in [-0.39, 0.29) is 23.5 Å². The molecule has 2 heterocycles. The van der Waals surface area contributed by atoms with Gasteiger partial charge in [-0.25, -0.2) is 14.6 Å². The summed E-state index contributed by atoms with van der Waals surface area (Å²) in [6.07, 6.45) is 2.41. The van der Waals surface area contributed by atoms with Crippen molar-refractivity contribution in [1.82, 2.24) is 4.57 Å². The average Bonchev–Trinajstić information content (AvgIpc) is 3.28. The highest BCUT2D eigenvalue weighted by molar-refractivity contribution is 7.07. The lowest BCUT2D eigenvalue weighted by Crippen LogP contribution is -2.40. The number of rotatable bonds is 12. The Labute approximate surface area is 245 Å². The van der Waals surface area contributed by atoms with E-state index in [1.165, 1.54) is 30.1 Å². The number of fused-ring (bicyclic) bond motifs is 1. The summed E-state index contributed by atoms with van der Waals surface area (Å²) in [5, 5.41) is 8.93. The number of carboxylic acids is 1. The molecule has 0 bridgehead atoms. The molecule has 2 aromatic carbocycles. The minimum absolute atomic E-state index is 0.151. The van der Waals surface area contributed by atoms with Gasteiger partial charge in [0.05, 0.1) is 43.2 Å². The van der Waals surface area contributed by atoms with Crippen LogP contribution in [-0.2, 0) is 14.3 Å². The molecule has 0 radical (unpaired) electrons. The van der Waals surface area contributed by atoms with Crippen molar-refractivity contribution in [2.75, 3.05) is 34.0 Å². The summed E-state index contributed by atoms with van der Waals surface area (Å²) in [6, 6.07) is 9.35. The van der Waals surface area contributed by atoms with Crippen LogP contribution in [0.2, 0.25) is 0 Å². The van der Waals surface area contributed by atoms with Crippen LogP contribution >= 0.6 is 11.3 Å². The largest absolute Gasteiger partial charge is 0.493 e. The van der Waals surface area contributed by atoms with Crippen LogP contribution in [0.4, 0.5) is 0 Å². The molecule has 1 aliphatic heterocycles. The van der Waals surface area contributed by atoms with Crippen molar-refractivity contribution in [2.24, 2.45) is 4.99 Å². The number of carbonyl (C=O) groups excluding carboxylic acids is 1. The molecule has 0 aliphatic carbocycles. The number of esters is 1. The molecule has 1 aromatic heterocycles. The van der Waals surface area contributed by atoms with Crippen LogP contribution in [0.15, 0.2) is 57.5 Å². The van der Waals surface area contributed by atoms with Gasteiger partial charge in [-0.1, -0.05) is 36.5 Å². The molecule has 4 rings (SSSR count). The van der Waals surface area contributed by atoms with Crippen LogP contribution in [0.1, 0.15) is 44.4 Å². The zero-order chi connectivity index (χ0) is 30.4. The molecular weight excluding hydrogens is 564 g/mol. The normalized spacial score (nSPS) is 14.6. The fourth-order valence-corrected chi connectivity index (χ4v) is 5.58. The number of hydrogen-bond donors (Lipinski definition) is 1. The van der Waals surface area contributed by atoms with Crippen LogP contribution < -0.4 is 33.8 Å². The zero-order valence-electron chi connectivity index (χ0n) is 24.0. The number of benzene rings is 2. The highest BCUT2D eigenvalue weighted by Crippen LogP contribution is 2.41. The maximum atomic E-state index is 14.0. The summed E-state index contributed by atoms with van der Waals surface area (Å²) >= 11 is 1.17. The monoisotopic (exact) mass is 596 g/mol. The van der Waals surface area contributed by atoms with Gasteiger partial charge in [0, 0.05) is 5.56 Å². The lowest BCUT2D eigenvalue weighted by Gasteiger charge is -2.27. The molecule has 0 amide bonds. The molecule has 0 saturated heterocycles. The molecule has 0 fully saturated rings. The number of hydrogen-bond acceptors (Lipinski definition) is 10. The van der Waals surface area contributed by atoms with Gasteiger partial charge in [0.25, 0.3) is 5.56 Å². The summed E-state index contributed by atoms with van der Waals surface area (Å²) in [7, 11) is 2.97. The van der Waals surface area contributed by atoms with Gasteiger partial charge in [0.15, 0.2) is 34.4 Å². The first-order valence-electron chi connectivity index (χ1n) is 13.3. The number of aromatic nitrogens is 1. The zero-order valence-corrected chi connectivity index (χ0v) is 24.8. The molecule has 1 aliphatic rings. The van der Waals surface area contributed by atoms with Crippen LogP contribution in [0.5, 0.6) is 23.0 Å². The third-order valence-electron chi connectivity index (χ3n) is 6.33. The van der Waals surface area contributed by atoms with Gasteiger partial charge in [-0.05, 0) is 50.1 Å². The van der Waals surface area contributed by atoms with Crippen LogP contribution in [0.3, 0.4) is 0 Å². The molecule has 3 aromatic rings. The van der Waals surface area contributed by atoms with E-state index in [1.54, 1.807) is 56.3 Å². The maximum absolute atomic E-state index is 14.0. The number of allylic oxidation sites excluding steroid dienone is 1. The Bertz CT molecular complexity index is 1700. The van der Waals surface area contributed by atoms with Crippen LogP contribution in [-0.4, -0.2) is 55.7 Å². The van der Waals surface area contributed by atoms with Crippen molar-refractivity contribution in [1.29, 1.82) is 0 Å². The second-order valence-corrected chi connectivity index (χ2v) is 10.1. The lowest BCUT2D eigenvalue weighted by atomic mass is 9.94. The third-order valence-corrected chi connectivity index (χ3v) is 7.31. The first kappa shape index (κ1) is 30.4. The molecule has 12 heteroatoms. The van der Waals surface area contributed by atoms with E-state index in [0.717, 1.165) is 6.42 Å². The molecule has 0 saturated carbocycles. The van der Waals surface area contributed by atoms with E-state index in [4.69, 9.17) is 28.8 Å². The van der Waals surface area contributed by atoms with Crippen molar-refractivity contribution in [3.63, 3.8) is 0 Å². The van der Waals surface area contributed by atoms with Crippen LogP contribution in [0.25, 0.3) is 6.08 Å². The number of aliphatic carboxylic acids is 1. The quantitative estimate of drug-likeness (QED) is 0.313. The van der Waals surface area contributed by atoms with Gasteiger partial charge >= 0.3 is 11.9 Å². The van der Waals surface area contributed by atoms with Crippen molar-refractivity contribution in [3.05, 3.63) is 78.5 Å². The van der Waals surface area contributed by atoms with Gasteiger partial charge in [-0.3, -0.25) is 9.36 Å². The number of thiazole rings is 1. The summed E-state index contributed by atoms with van der Waals surface area (Å²) < 4.78 is 29.6. The molecule has 11 nitrogen and oxygen atoms in total. The van der Waals surface area contributed by atoms with E-state index < -0.39 is 24.6 Å². The fraction of sp³-hybridized carbons (Fsp3) is 0.333. The van der Waals surface area contributed by atoms with Crippen molar-refractivity contribution in [2.45, 2.75) is 33.2 Å². The predicted molar refractivity (Wildman–Crippen MR) is 155 cm³/mol. The van der Waals surface area contributed by atoms with Crippen molar-refractivity contribution >= 4 is 29.4 Å². The fourth-order valence-electron chi connectivity index (χ4n) is 4.54. The Morgan fingerprint density at radius 1 is 1.07 bits per heavy atom. The molecule has 0 spiro atoms. The second-order valence-electron chi connectivity index (χ2n) is 9.12. The SMILES string of the molecule is CCCOc1c(OC)cccc1[C@@H]1C(C(=O)OCC)=C(C)N=c2s/c(=C/c3ccc(OCC(=O)O)c(OC)c3)c(=O)n21. The highest BCUT2D eigenvalue weighted by atomic mass is 32.1. The second kappa shape index (κ2) is 13.4. The van der Waals surface area contributed by atoms with Gasteiger partial charge in [0.2, 0.25) is 0 Å². The smallest absolute Gasteiger partial charge is 0.341 e. The van der Waals surface area contributed by atoms with E-state index in [0.29, 0.717) is 50.0 Å². The number of methoxy groups -OCH3 is 2. The van der Waals surface area contributed by atoms with Crippen molar-refractivity contribution in [3.8, 4) is 23.0 Å². The Morgan fingerprint density at radius 3 is 2.50 bits per heavy atom. The standard InChI is InChI=1S/C30H32N2O9S/c1-6-13-40-27-19(9-8-10-21(27)37-4)26-25(29(36)39-7-2)17(3)31-30-32(26)28(35)23(42-30)15-18-11-12-20(22(14-18)38-5)41-16-24(33)34/h8-12,14-15,26H,6-7,13,16H2,1-5H3,(H,33,34)/b23-15+/t26-/m1/s1. The first-order valence-corrected chi connectivity index (χ1v) is 14.1. The number of carbonyl (C=O) groups is 2. The summed E-state index contributed by atoms with van der Waals surface area (Å²) in [4.78, 5) is 43.3. The Hall–Kier alpha value is -4.58. The molecular formula is C30H32N2O9S. The Balaban J connectivity index is 1.92. The summed E-state index contributed by atoms with van der Waals surface area (Å²) in [5.41, 5.74) is 1.47. The Kier molecular flexibility index (Phi) is 9.68. The van der Waals surface area contributed by atoms with Gasteiger partial charge in [-0.2, -0.15) is 0 Å². The molecule has 0 unspecified atom stereocenters. The van der Waals surface area contributed by atoms with Crippen molar-refractivity contribution < 1.29 is 38.4 Å². The minimum Gasteiger partial charge on any atom is -0.493 e. The van der Waals surface area contributed by atoms with Gasteiger partial charge < -0.3 is 28.8 Å². The minimum atomic E-state index is -1.12. The summed E-state index contributed by atoms with van der Waals surface area (Å²) in [6.45, 7) is 5.44. The number of nitrogens with zero attached hydrogens (tertiary/aromatic N) is 2. The first-order chi connectivity index (χ1) is 20.2. The highest BCUT2D eigenvalue weighted by Gasteiger charge is 2.36. The molecule has 1 N–H and O–H groups in total. The topological polar surface area (TPSA) is 135 Å². The average molecular weight is 597 g/mol. The Morgan fingerprint density at radius 2 is 1.83 bits per heavy atom. The van der Waals surface area contributed by atoms with E-state index >= 15 is 0 Å². The van der Waals surface area contributed by atoms with E-state index in [9.17, 15) is 14.4 Å². The van der Waals surface area contributed by atoms with E-state index in [1.807, 2.05) is 6.92 Å². The number of ether oxygens (including phenoxy) is 5. The molecule has 1 atom stereocenters. The lowest BCUT2D eigenvalue weighted by molar-refractivity contribution is -0.140. The number of carboxylic acid groups (broad SMARTS) is 1. The predicted octanol–water partition coefficient (Wildman–Crippen LogP) is 3.07. The van der Waals surface area contributed by atoms with Gasteiger partial charge in [0.1, 0.15) is 6.04 Å². The summed E-state index contributed by atoms with van der Waals surface area (Å²) in [5.74, 6) is -0.230. The third kappa shape index (κ3) is 6.18. The van der Waals surface area contributed by atoms with Gasteiger partial charge in [-0.15, -0.1) is 0 Å². The molecule has 42 heavy (non-hydrogen) atoms. The van der Waals surface area contributed by atoms with E-state index in [2.05, 4.69) is 4.99 Å². The number of para-hydroxylation sites is 1.